The lowest BCUT2D eigenvalue weighted by atomic mass is 9.36. The minimum absolute atomic E-state index is 0.0423. The van der Waals surface area contributed by atoms with E-state index < -0.39 is 43.4 Å². The van der Waals surface area contributed by atoms with Gasteiger partial charge in [0.2, 0.25) is 21.8 Å². The Morgan fingerprint density at radius 1 is 1.17 bits per heavy atom. The number of rotatable bonds is 5. The van der Waals surface area contributed by atoms with E-state index in [4.69, 9.17) is 39.2 Å². The van der Waals surface area contributed by atoms with E-state index in [1.54, 1.807) is 0 Å². The van der Waals surface area contributed by atoms with E-state index in [1.165, 1.54) is 10.8 Å². The van der Waals surface area contributed by atoms with E-state index in [0.29, 0.717) is 6.42 Å². The lowest BCUT2D eigenvalue weighted by Crippen LogP contribution is -2.60. The van der Waals surface area contributed by atoms with Crippen molar-refractivity contribution in [2.75, 3.05) is 24.7 Å². The van der Waals surface area contributed by atoms with Crippen molar-refractivity contribution in [2.45, 2.75) is 54.5 Å². The third-order valence-corrected chi connectivity index (χ3v) is 8.19. The molecule has 1 aliphatic carbocycles. The molecule has 2 aliphatic rings. The highest BCUT2D eigenvalue weighted by Gasteiger charge is 2.47. The molecule has 16 heteroatoms. The van der Waals surface area contributed by atoms with Gasteiger partial charge in [0.15, 0.2) is 7.85 Å². The molecule has 2 aromatic rings. The van der Waals surface area contributed by atoms with Crippen molar-refractivity contribution in [3.8, 4) is 0 Å². The fourth-order valence-electron chi connectivity index (χ4n) is 5.23. The van der Waals surface area contributed by atoms with E-state index in [1.807, 2.05) is 6.92 Å². The number of nitrogens with one attached hydrogen (secondary N) is 1. The summed E-state index contributed by atoms with van der Waals surface area (Å²) >= 11 is 0. The zero-order chi connectivity index (χ0) is 26.8. The zero-order valence-electron chi connectivity index (χ0n) is 20.0. The maximum absolute atomic E-state index is 14.1. The number of pyridine rings is 1. The summed E-state index contributed by atoms with van der Waals surface area (Å²) in [4.78, 5) is 21.8. The van der Waals surface area contributed by atoms with Crippen molar-refractivity contribution in [3.63, 3.8) is 0 Å². The van der Waals surface area contributed by atoms with Crippen LogP contribution in [0.5, 0.6) is 0 Å². The summed E-state index contributed by atoms with van der Waals surface area (Å²) in [6.45, 7) is 1.37. The van der Waals surface area contributed by atoms with Gasteiger partial charge in [-0.1, -0.05) is 23.8 Å². The number of hydrogen-bond donors (Lipinski definition) is 1. The van der Waals surface area contributed by atoms with Gasteiger partial charge in [-0.3, -0.25) is 9.36 Å². The SMILES string of the molecule is [B]C(F)(F)c1cc2cnc(NC3C([B])([B])CN(S(C)(=O)=O)CC3([B])[B])nc2n([C@@H]2CCC[C@@H]2C)c1=O. The maximum atomic E-state index is 14.1. The Morgan fingerprint density at radius 2 is 1.78 bits per heavy atom. The molecule has 0 amide bonds. The van der Waals surface area contributed by atoms with E-state index in [0.717, 1.165) is 29.5 Å². The van der Waals surface area contributed by atoms with Crippen LogP contribution < -0.4 is 10.9 Å². The summed E-state index contributed by atoms with van der Waals surface area (Å²) in [7, 11) is 26.2. The summed E-state index contributed by atoms with van der Waals surface area (Å²) < 4.78 is 54.5. The van der Waals surface area contributed by atoms with Crippen LogP contribution in [0, 0.1) is 5.92 Å². The van der Waals surface area contributed by atoms with Crippen LogP contribution in [0.1, 0.15) is 37.8 Å². The Kier molecular flexibility index (Phi) is 6.72. The van der Waals surface area contributed by atoms with Gasteiger partial charge in [0, 0.05) is 36.8 Å². The Hall–Kier alpha value is -1.82. The molecule has 0 unspecified atom stereocenters. The van der Waals surface area contributed by atoms with Gasteiger partial charge >= 0.3 is 0 Å². The van der Waals surface area contributed by atoms with Crippen molar-refractivity contribution in [1.82, 2.24) is 18.8 Å². The summed E-state index contributed by atoms with van der Waals surface area (Å²) in [5.41, 5.74) is -1.66. The smallest absolute Gasteiger partial charge is 0.260 e. The molecule has 1 saturated carbocycles. The van der Waals surface area contributed by atoms with Crippen LogP contribution in [0.2, 0.25) is 10.4 Å². The number of fused-ring (bicyclic) bond motifs is 1. The minimum Gasteiger partial charge on any atom is -0.353 e. The van der Waals surface area contributed by atoms with Crippen molar-refractivity contribution in [1.29, 1.82) is 0 Å². The first-order chi connectivity index (χ1) is 16.4. The van der Waals surface area contributed by atoms with Crippen LogP contribution >= 0.6 is 0 Å². The van der Waals surface area contributed by atoms with Crippen LogP contribution in [0.3, 0.4) is 0 Å². The molecule has 2 aromatic heterocycles. The van der Waals surface area contributed by atoms with Gasteiger partial charge in [0.05, 0.1) is 43.2 Å². The van der Waals surface area contributed by atoms with Crippen molar-refractivity contribution in [2.24, 2.45) is 5.92 Å². The zero-order valence-corrected chi connectivity index (χ0v) is 20.8. The highest BCUT2D eigenvalue weighted by molar-refractivity contribution is 7.88. The fraction of sp³-hybridized carbons (Fsp3) is 0.650. The summed E-state index contributed by atoms with van der Waals surface area (Å²) in [5, 5.41) is -0.384. The number of halogens is 2. The van der Waals surface area contributed by atoms with Crippen LogP contribution in [0.25, 0.3) is 11.0 Å². The lowest BCUT2D eigenvalue weighted by molar-refractivity contribution is 0.0917. The molecule has 2 atom stereocenters. The van der Waals surface area contributed by atoms with Gasteiger partial charge < -0.3 is 5.32 Å². The minimum atomic E-state index is -3.85. The number of sulfonamides is 1. The van der Waals surface area contributed by atoms with Crippen molar-refractivity contribution >= 4 is 66.2 Å². The van der Waals surface area contributed by atoms with Gasteiger partial charge in [-0.2, -0.15) is 4.98 Å². The average molecular weight is 505 g/mol. The maximum Gasteiger partial charge on any atom is 0.260 e. The molecule has 2 fully saturated rings. The first kappa shape index (κ1) is 27.2. The molecule has 3 heterocycles. The number of alkyl halides is 2. The Labute approximate surface area is 215 Å². The van der Waals surface area contributed by atoms with E-state index >= 15 is 0 Å². The third-order valence-electron chi connectivity index (χ3n) is 7.00. The second-order valence-corrected chi connectivity index (χ2v) is 12.1. The second-order valence-electron chi connectivity index (χ2n) is 10.1. The molecular formula is C20H22B5F2N5O3S. The molecule has 1 N–H and O–H groups in total. The standard InChI is InChI=1S/C20H22B5F2N5O3S/c1-10-4-3-5-13(10)32-14-11(6-12(15(32)33)20(25,26)27)7-28-17(29-14)30-16-18(21,22)8-31(36(2,34)35)9-19(16,23)24/h6-7,10,13,16H,3-5,8-9H2,1-2H3,(H,28,29,30)/t10-,13+/m0/s1. The third kappa shape index (κ3) is 4.99. The number of nitrogens with zero attached hydrogens (tertiary/aromatic N) is 4. The number of anilines is 1. The molecule has 0 aromatic carbocycles. The normalized spacial score (nSPS) is 25.2. The largest absolute Gasteiger partial charge is 0.353 e. The second kappa shape index (κ2) is 8.89. The Balaban J connectivity index is 1.81. The molecule has 180 valence electrons. The number of piperidine rings is 1. The topological polar surface area (TPSA) is 97.2 Å². The molecule has 36 heavy (non-hydrogen) atoms. The average Bonchev–Trinajstić information content (AvgIpc) is 3.13. The molecule has 1 aliphatic heterocycles. The van der Waals surface area contributed by atoms with Gasteiger partial charge in [-0.05, 0) is 24.8 Å². The van der Waals surface area contributed by atoms with Crippen LogP contribution in [0.4, 0.5) is 14.7 Å². The predicted molar refractivity (Wildman–Crippen MR) is 138 cm³/mol. The van der Waals surface area contributed by atoms with Crippen LogP contribution in [0.15, 0.2) is 17.1 Å². The monoisotopic (exact) mass is 505 g/mol. The van der Waals surface area contributed by atoms with Gasteiger partial charge in [0.25, 0.3) is 5.56 Å². The highest BCUT2D eigenvalue weighted by atomic mass is 32.2. The van der Waals surface area contributed by atoms with Crippen molar-refractivity contribution in [3.05, 3.63) is 28.2 Å². The number of hydrogen-bond acceptors (Lipinski definition) is 6. The predicted octanol–water partition coefficient (Wildman–Crippen LogP) is 0.332. The van der Waals surface area contributed by atoms with Crippen LogP contribution in [-0.2, 0) is 15.8 Å². The van der Waals surface area contributed by atoms with Gasteiger partial charge in [-0.25, -0.2) is 26.5 Å². The molecular weight excluding hydrogens is 482 g/mol. The van der Waals surface area contributed by atoms with E-state index in [2.05, 4.69) is 15.3 Å². The Bertz CT molecular complexity index is 1330. The Morgan fingerprint density at radius 3 is 2.28 bits per heavy atom. The molecule has 4 rings (SSSR count). The van der Waals surface area contributed by atoms with Gasteiger partial charge in [-0.15, -0.1) is 0 Å². The molecule has 1 saturated heterocycles. The van der Waals surface area contributed by atoms with E-state index in [9.17, 15) is 22.0 Å². The fourth-order valence-corrected chi connectivity index (χ4v) is 6.14. The first-order valence-electron chi connectivity index (χ1n) is 11.4. The first-order valence-corrected chi connectivity index (χ1v) is 13.2. The van der Waals surface area contributed by atoms with Gasteiger partial charge in [0.1, 0.15) is 5.65 Å². The lowest BCUT2D eigenvalue weighted by Gasteiger charge is -2.54. The summed E-state index contributed by atoms with van der Waals surface area (Å²) in [5.74, 6) is -3.87. The quantitative estimate of drug-likeness (QED) is 0.590. The molecule has 10 radical (unpaired) electrons. The van der Waals surface area contributed by atoms with Crippen molar-refractivity contribution < 1.29 is 17.2 Å². The van der Waals surface area contributed by atoms with Crippen LogP contribution in [-0.4, -0.2) is 91.9 Å². The number of aromatic nitrogens is 3. The molecule has 8 nitrogen and oxygen atoms in total. The molecule has 0 bridgehead atoms. The molecule has 0 spiro atoms. The summed E-state index contributed by atoms with van der Waals surface area (Å²) in [6, 6.07) is -0.484. The summed E-state index contributed by atoms with van der Waals surface area (Å²) in [6.07, 6.45) is 4.51. The highest BCUT2D eigenvalue weighted by Crippen LogP contribution is 2.44. The van der Waals surface area contributed by atoms with E-state index in [-0.39, 0.29) is 42.0 Å².